The Morgan fingerprint density at radius 2 is 2.12 bits per heavy atom. The molecular weight excluding hydrogens is 284 g/mol. The van der Waals surface area contributed by atoms with Crippen molar-refractivity contribution in [3.05, 3.63) is 47.5 Å². The van der Waals surface area contributed by atoms with Gasteiger partial charge in [0, 0.05) is 16.9 Å². The number of nitrogens with zero attached hydrogens (tertiary/aromatic N) is 2. The molecule has 2 aromatic rings. The largest absolute Gasteiger partial charge is 0.425 e. The average molecular weight is 295 g/mol. The molecule has 4 nitrogen and oxygen atoms in total. The van der Waals surface area contributed by atoms with Crippen LogP contribution in [0.25, 0.3) is 0 Å². The normalized spacial score (nSPS) is 12.1. The van der Waals surface area contributed by atoms with Crippen molar-refractivity contribution in [3.63, 3.8) is 0 Å². The fourth-order valence-electron chi connectivity index (χ4n) is 1.32. The maximum Gasteiger partial charge on any atom is 0.334 e. The highest BCUT2D eigenvalue weighted by molar-refractivity contribution is 9.10. The first-order valence-electron chi connectivity index (χ1n) is 5.11. The second-order valence-corrected chi connectivity index (χ2v) is 4.48. The Balaban J connectivity index is 2.04. The zero-order valence-corrected chi connectivity index (χ0v) is 10.8. The lowest BCUT2D eigenvalue weighted by atomic mass is 10.3. The van der Waals surface area contributed by atoms with Crippen LogP contribution in [0.15, 0.2) is 47.5 Å². The zero-order valence-electron chi connectivity index (χ0n) is 9.21. The number of hydrogen-bond donors (Lipinski definition) is 0. The first kappa shape index (κ1) is 11.9. The molecule has 0 saturated carbocycles. The van der Waals surface area contributed by atoms with Crippen molar-refractivity contribution in [3.8, 4) is 5.75 Å². The lowest BCUT2D eigenvalue weighted by molar-refractivity contribution is -0.137. The summed E-state index contributed by atoms with van der Waals surface area (Å²) < 4.78 is 7.89. The molecule has 0 aliphatic carbocycles. The van der Waals surface area contributed by atoms with E-state index in [1.54, 1.807) is 42.3 Å². The van der Waals surface area contributed by atoms with E-state index in [1.165, 1.54) is 0 Å². The molecule has 1 aromatic heterocycles. The Kier molecular flexibility index (Phi) is 3.58. The Morgan fingerprint density at radius 3 is 2.71 bits per heavy atom. The Morgan fingerprint density at radius 1 is 1.41 bits per heavy atom. The van der Waals surface area contributed by atoms with Gasteiger partial charge in [-0.05, 0) is 31.2 Å². The van der Waals surface area contributed by atoms with Crippen LogP contribution < -0.4 is 4.74 Å². The van der Waals surface area contributed by atoms with Crippen molar-refractivity contribution in [1.29, 1.82) is 0 Å². The van der Waals surface area contributed by atoms with Gasteiger partial charge in [0.1, 0.15) is 11.8 Å². The molecule has 5 heteroatoms. The topological polar surface area (TPSA) is 44.1 Å². The molecule has 2 rings (SSSR count). The molecule has 1 aromatic carbocycles. The first-order valence-corrected chi connectivity index (χ1v) is 5.91. The van der Waals surface area contributed by atoms with Crippen LogP contribution >= 0.6 is 15.9 Å². The number of esters is 1. The van der Waals surface area contributed by atoms with Crippen LogP contribution in [0, 0.1) is 0 Å². The second kappa shape index (κ2) is 5.14. The number of ether oxygens (including phenoxy) is 1. The number of halogens is 1. The van der Waals surface area contributed by atoms with Crippen LogP contribution in [0.5, 0.6) is 5.75 Å². The number of carbonyl (C=O) groups is 1. The number of benzene rings is 1. The molecule has 0 aliphatic rings. The van der Waals surface area contributed by atoms with Gasteiger partial charge >= 0.3 is 5.97 Å². The van der Waals surface area contributed by atoms with E-state index in [4.69, 9.17) is 4.74 Å². The van der Waals surface area contributed by atoms with Crippen LogP contribution in [-0.4, -0.2) is 15.5 Å². The van der Waals surface area contributed by atoms with Gasteiger partial charge in [0.15, 0.2) is 0 Å². The lowest BCUT2D eigenvalue weighted by Crippen LogP contribution is -2.20. The van der Waals surface area contributed by atoms with Crippen molar-refractivity contribution < 1.29 is 9.53 Å². The summed E-state index contributed by atoms with van der Waals surface area (Å²) in [6.07, 6.45) is 4.95. The standard InChI is InChI=1S/C12H11BrN2O2/c1-9(15-7-6-14-8-15)12(16)17-11-4-2-10(13)3-5-11/h2-9H,1H3. The number of imidazole rings is 1. The van der Waals surface area contributed by atoms with Gasteiger partial charge in [-0.3, -0.25) is 0 Å². The quantitative estimate of drug-likeness (QED) is 0.646. The minimum absolute atomic E-state index is 0.315. The summed E-state index contributed by atoms with van der Waals surface area (Å²) in [6, 6.07) is 6.74. The van der Waals surface area contributed by atoms with Crippen LogP contribution in [0.1, 0.15) is 13.0 Å². The van der Waals surface area contributed by atoms with Crippen LogP contribution in [0.2, 0.25) is 0 Å². The van der Waals surface area contributed by atoms with E-state index in [0.717, 1.165) is 4.47 Å². The molecule has 0 aliphatic heterocycles. The molecular formula is C12H11BrN2O2. The second-order valence-electron chi connectivity index (χ2n) is 3.56. The van der Waals surface area contributed by atoms with Crippen LogP contribution in [0.4, 0.5) is 0 Å². The molecule has 88 valence electrons. The molecule has 1 atom stereocenters. The van der Waals surface area contributed by atoms with Crippen LogP contribution in [-0.2, 0) is 4.79 Å². The van der Waals surface area contributed by atoms with E-state index in [2.05, 4.69) is 20.9 Å². The fraction of sp³-hybridized carbons (Fsp3) is 0.167. The molecule has 1 unspecified atom stereocenters. The van der Waals surface area contributed by atoms with Gasteiger partial charge in [-0.15, -0.1) is 0 Å². The summed E-state index contributed by atoms with van der Waals surface area (Å²) in [5, 5.41) is 0. The third-order valence-corrected chi connectivity index (χ3v) is 2.87. The highest BCUT2D eigenvalue weighted by atomic mass is 79.9. The van der Waals surface area contributed by atoms with Gasteiger partial charge < -0.3 is 9.30 Å². The Bertz CT molecular complexity index is 494. The monoisotopic (exact) mass is 294 g/mol. The van der Waals surface area contributed by atoms with E-state index >= 15 is 0 Å². The van der Waals surface area contributed by atoms with Gasteiger partial charge in [-0.1, -0.05) is 15.9 Å². The highest BCUT2D eigenvalue weighted by Gasteiger charge is 2.16. The zero-order chi connectivity index (χ0) is 12.3. The predicted molar refractivity (Wildman–Crippen MR) is 66.7 cm³/mol. The summed E-state index contributed by atoms with van der Waals surface area (Å²) in [5.74, 6) is 0.218. The summed E-state index contributed by atoms with van der Waals surface area (Å²) in [4.78, 5) is 15.7. The minimum Gasteiger partial charge on any atom is -0.425 e. The molecule has 0 N–H and O–H groups in total. The van der Waals surface area contributed by atoms with Crippen molar-refractivity contribution in [2.24, 2.45) is 0 Å². The van der Waals surface area contributed by atoms with Crippen LogP contribution in [0.3, 0.4) is 0 Å². The summed E-state index contributed by atoms with van der Waals surface area (Å²) in [6.45, 7) is 1.77. The van der Waals surface area contributed by atoms with Gasteiger partial charge in [0.25, 0.3) is 0 Å². The van der Waals surface area contributed by atoms with Gasteiger partial charge in [-0.25, -0.2) is 9.78 Å². The number of hydrogen-bond acceptors (Lipinski definition) is 3. The number of carbonyl (C=O) groups excluding carboxylic acids is 1. The van der Waals surface area contributed by atoms with Gasteiger partial charge in [0.05, 0.1) is 6.33 Å². The maximum atomic E-state index is 11.8. The van der Waals surface area contributed by atoms with E-state index in [9.17, 15) is 4.79 Å². The van der Waals surface area contributed by atoms with Crippen molar-refractivity contribution in [2.75, 3.05) is 0 Å². The first-order chi connectivity index (χ1) is 8.16. The SMILES string of the molecule is CC(C(=O)Oc1ccc(Br)cc1)n1ccnc1. The highest BCUT2D eigenvalue weighted by Crippen LogP contribution is 2.18. The van der Waals surface area contributed by atoms with Gasteiger partial charge in [-0.2, -0.15) is 0 Å². The molecule has 0 radical (unpaired) electrons. The molecule has 0 fully saturated rings. The molecule has 0 amide bonds. The Hall–Kier alpha value is -1.62. The third-order valence-electron chi connectivity index (χ3n) is 2.35. The summed E-state index contributed by atoms with van der Waals surface area (Å²) >= 11 is 3.32. The van der Waals surface area contributed by atoms with E-state index in [0.29, 0.717) is 5.75 Å². The fourth-order valence-corrected chi connectivity index (χ4v) is 1.59. The smallest absolute Gasteiger partial charge is 0.334 e. The number of aromatic nitrogens is 2. The van der Waals surface area contributed by atoms with Crippen molar-refractivity contribution in [2.45, 2.75) is 13.0 Å². The Labute approximate surface area is 107 Å². The molecule has 17 heavy (non-hydrogen) atoms. The minimum atomic E-state index is -0.388. The summed E-state index contributed by atoms with van der Waals surface area (Å²) in [7, 11) is 0. The van der Waals surface area contributed by atoms with E-state index in [1.807, 2.05) is 12.1 Å². The predicted octanol–water partition coefficient (Wildman–Crippen LogP) is 2.81. The molecule has 0 saturated heterocycles. The molecule has 1 heterocycles. The molecule has 0 spiro atoms. The van der Waals surface area contributed by atoms with E-state index in [-0.39, 0.29) is 12.0 Å². The van der Waals surface area contributed by atoms with Crippen molar-refractivity contribution >= 4 is 21.9 Å². The lowest BCUT2D eigenvalue weighted by Gasteiger charge is -2.12. The molecule has 0 bridgehead atoms. The maximum absolute atomic E-state index is 11.8. The summed E-state index contributed by atoms with van der Waals surface area (Å²) in [5.41, 5.74) is 0. The average Bonchev–Trinajstić information content (AvgIpc) is 2.84. The number of rotatable bonds is 3. The third kappa shape index (κ3) is 2.94. The van der Waals surface area contributed by atoms with E-state index < -0.39 is 0 Å². The van der Waals surface area contributed by atoms with Gasteiger partial charge in [0.2, 0.25) is 0 Å². The van der Waals surface area contributed by atoms with Crippen molar-refractivity contribution in [1.82, 2.24) is 9.55 Å².